The molecule has 0 amide bonds. The molecule has 0 N–H and O–H groups in total. The number of hydrogen-bond acceptors (Lipinski definition) is 4. The molecule has 4 nitrogen and oxygen atoms in total. The summed E-state index contributed by atoms with van der Waals surface area (Å²) in [5, 5.41) is 0.918. The van der Waals surface area contributed by atoms with E-state index in [1.165, 1.54) is 12.4 Å². The van der Waals surface area contributed by atoms with E-state index in [1.54, 1.807) is 19.2 Å². The van der Waals surface area contributed by atoms with Gasteiger partial charge in [-0.25, -0.2) is 4.79 Å². The minimum absolute atomic E-state index is 0.366. The quantitative estimate of drug-likeness (QED) is 0.805. The van der Waals surface area contributed by atoms with Crippen molar-refractivity contribution >= 4 is 29.2 Å². The number of hydrogen-bond donors (Lipinski definition) is 0. The van der Waals surface area contributed by atoms with Gasteiger partial charge in [0.2, 0.25) is 0 Å². The van der Waals surface area contributed by atoms with E-state index in [1.807, 2.05) is 6.07 Å². The van der Waals surface area contributed by atoms with Crippen molar-refractivity contribution in [1.29, 1.82) is 0 Å². The fraction of sp³-hybridized carbons (Fsp3) is 0.200. The molecule has 0 saturated heterocycles. The molecule has 0 radical (unpaired) electrons. The third-order valence-corrected chi connectivity index (χ3v) is 4.07. The van der Waals surface area contributed by atoms with Crippen LogP contribution in [0.2, 0.25) is 10.0 Å². The maximum Gasteiger partial charge on any atom is 0.339 e. The Morgan fingerprint density at radius 1 is 1.29 bits per heavy atom. The van der Waals surface area contributed by atoms with E-state index in [9.17, 15) is 4.79 Å². The van der Waals surface area contributed by atoms with Gasteiger partial charge >= 0.3 is 5.97 Å². The van der Waals surface area contributed by atoms with Gasteiger partial charge in [-0.15, -0.1) is 0 Å². The number of aromatic nitrogens is 1. The van der Waals surface area contributed by atoms with Gasteiger partial charge in [0.1, 0.15) is 11.9 Å². The van der Waals surface area contributed by atoms with Gasteiger partial charge in [-0.3, -0.25) is 4.98 Å². The Morgan fingerprint density at radius 3 is 2.67 bits per heavy atom. The Morgan fingerprint density at radius 2 is 2.00 bits per heavy atom. The third-order valence-electron chi connectivity index (χ3n) is 3.42. The first-order valence-electron chi connectivity index (χ1n) is 6.27. The zero-order valence-electron chi connectivity index (χ0n) is 11.1. The SMILES string of the molecule is COc1ccc2c(c1)C(=O)OC2Cc1c(Cl)cncc1Cl. The molecule has 1 unspecified atom stereocenters. The summed E-state index contributed by atoms with van der Waals surface area (Å²) in [5.41, 5.74) is 2.04. The summed E-state index contributed by atoms with van der Waals surface area (Å²) in [4.78, 5) is 15.9. The molecular formula is C15H11Cl2NO3. The van der Waals surface area contributed by atoms with Crippen molar-refractivity contribution in [3.05, 3.63) is 57.3 Å². The van der Waals surface area contributed by atoms with Gasteiger partial charge in [0.05, 0.1) is 22.7 Å². The van der Waals surface area contributed by atoms with E-state index >= 15 is 0 Å². The Hall–Kier alpha value is -1.78. The van der Waals surface area contributed by atoms with E-state index in [4.69, 9.17) is 32.7 Å². The van der Waals surface area contributed by atoms with Crippen LogP contribution in [0.1, 0.15) is 27.6 Å². The molecule has 0 saturated carbocycles. The molecule has 0 spiro atoms. The second kappa shape index (κ2) is 5.54. The number of benzene rings is 1. The lowest BCUT2D eigenvalue weighted by molar-refractivity contribution is 0.0387. The van der Waals surface area contributed by atoms with Crippen LogP contribution in [0.15, 0.2) is 30.6 Å². The predicted octanol–water partition coefficient (Wildman–Crippen LogP) is 3.85. The number of carbonyl (C=O) groups excluding carboxylic acids is 1. The summed E-state index contributed by atoms with van der Waals surface area (Å²) in [7, 11) is 1.55. The van der Waals surface area contributed by atoms with Gasteiger partial charge < -0.3 is 9.47 Å². The monoisotopic (exact) mass is 323 g/mol. The Kier molecular flexibility index (Phi) is 3.74. The van der Waals surface area contributed by atoms with Crippen LogP contribution in [0.4, 0.5) is 0 Å². The topological polar surface area (TPSA) is 48.4 Å². The van der Waals surface area contributed by atoms with Gasteiger partial charge in [-0.1, -0.05) is 29.3 Å². The molecular weight excluding hydrogens is 313 g/mol. The van der Waals surface area contributed by atoms with Crippen LogP contribution in [-0.4, -0.2) is 18.1 Å². The second-order valence-electron chi connectivity index (χ2n) is 4.63. The summed E-state index contributed by atoms with van der Waals surface area (Å²) in [5.74, 6) is 0.251. The van der Waals surface area contributed by atoms with Crippen LogP contribution >= 0.6 is 23.2 Å². The standard InChI is InChI=1S/C15H11Cl2NO3/c1-20-8-2-3-9-10(4-8)15(19)21-14(9)5-11-12(16)6-18-7-13(11)17/h2-4,6-7,14H,5H2,1H3. The maximum atomic E-state index is 11.9. The van der Waals surface area contributed by atoms with Crippen molar-refractivity contribution in [3.8, 4) is 5.75 Å². The first-order chi connectivity index (χ1) is 10.1. The smallest absolute Gasteiger partial charge is 0.339 e. The van der Waals surface area contributed by atoms with Crippen LogP contribution in [0.25, 0.3) is 0 Å². The highest BCUT2D eigenvalue weighted by atomic mass is 35.5. The fourth-order valence-electron chi connectivity index (χ4n) is 2.35. The minimum Gasteiger partial charge on any atom is -0.497 e. The zero-order valence-corrected chi connectivity index (χ0v) is 12.6. The number of carbonyl (C=O) groups is 1. The van der Waals surface area contributed by atoms with E-state index in [0.29, 0.717) is 27.8 Å². The number of nitrogens with zero attached hydrogens (tertiary/aromatic N) is 1. The molecule has 1 aliphatic heterocycles. The summed E-state index contributed by atoms with van der Waals surface area (Å²) >= 11 is 12.2. The second-order valence-corrected chi connectivity index (χ2v) is 5.45. The molecule has 0 aliphatic carbocycles. The van der Waals surface area contributed by atoms with E-state index in [0.717, 1.165) is 11.1 Å². The Labute approximate surface area is 131 Å². The first-order valence-corrected chi connectivity index (χ1v) is 7.02. The molecule has 1 aromatic heterocycles. The van der Waals surface area contributed by atoms with Gasteiger partial charge in [-0.05, 0) is 17.7 Å². The number of cyclic esters (lactones) is 1. The first kappa shape index (κ1) is 14.2. The molecule has 1 aliphatic rings. The van der Waals surface area contributed by atoms with E-state index in [-0.39, 0.29) is 5.97 Å². The minimum atomic E-state index is -0.407. The Balaban J connectivity index is 1.95. The number of esters is 1. The molecule has 2 heterocycles. The van der Waals surface area contributed by atoms with Crippen LogP contribution in [0.5, 0.6) is 5.75 Å². The zero-order chi connectivity index (χ0) is 15.0. The van der Waals surface area contributed by atoms with Crippen LogP contribution < -0.4 is 4.74 Å². The predicted molar refractivity (Wildman–Crippen MR) is 79.1 cm³/mol. The third kappa shape index (κ3) is 2.57. The molecule has 108 valence electrons. The highest BCUT2D eigenvalue weighted by molar-refractivity contribution is 6.35. The molecule has 6 heteroatoms. The van der Waals surface area contributed by atoms with E-state index < -0.39 is 6.10 Å². The van der Waals surface area contributed by atoms with Crippen molar-refractivity contribution in [1.82, 2.24) is 4.98 Å². The average Bonchev–Trinajstić information content (AvgIpc) is 2.79. The fourth-order valence-corrected chi connectivity index (χ4v) is 2.87. The normalized spacial score (nSPS) is 16.5. The summed E-state index contributed by atoms with van der Waals surface area (Å²) in [6, 6.07) is 5.30. The van der Waals surface area contributed by atoms with Crippen molar-refractivity contribution in [2.45, 2.75) is 12.5 Å². The number of ether oxygens (including phenoxy) is 2. The lowest BCUT2D eigenvalue weighted by Crippen LogP contribution is -2.04. The summed E-state index contributed by atoms with van der Waals surface area (Å²) in [6.45, 7) is 0. The van der Waals surface area contributed by atoms with Crippen molar-refractivity contribution < 1.29 is 14.3 Å². The van der Waals surface area contributed by atoms with Crippen LogP contribution in [0, 0.1) is 0 Å². The molecule has 2 aromatic rings. The highest BCUT2D eigenvalue weighted by Crippen LogP contribution is 2.37. The molecule has 1 atom stereocenters. The van der Waals surface area contributed by atoms with Gasteiger partial charge in [0.15, 0.2) is 0 Å². The van der Waals surface area contributed by atoms with Gasteiger partial charge in [0.25, 0.3) is 0 Å². The lowest BCUT2D eigenvalue weighted by Gasteiger charge is -2.13. The van der Waals surface area contributed by atoms with Crippen molar-refractivity contribution in [3.63, 3.8) is 0 Å². The Bertz CT molecular complexity index is 698. The van der Waals surface area contributed by atoms with Gasteiger partial charge in [0, 0.05) is 24.4 Å². The van der Waals surface area contributed by atoms with Crippen molar-refractivity contribution in [2.75, 3.05) is 7.11 Å². The van der Waals surface area contributed by atoms with Gasteiger partial charge in [-0.2, -0.15) is 0 Å². The summed E-state index contributed by atoms with van der Waals surface area (Å²) < 4.78 is 10.5. The number of methoxy groups -OCH3 is 1. The largest absolute Gasteiger partial charge is 0.497 e. The van der Waals surface area contributed by atoms with Crippen LogP contribution in [-0.2, 0) is 11.2 Å². The number of fused-ring (bicyclic) bond motifs is 1. The lowest BCUT2D eigenvalue weighted by atomic mass is 9.99. The molecule has 1 aromatic carbocycles. The number of halogens is 2. The number of rotatable bonds is 3. The summed E-state index contributed by atoms with van der Waals surface area (Å²) in [6.07, 6.45) is 3.05. The molecule has 21 heavy (non-hydrogen) atoms. The maximum absolute atomic E-state index is 11.9. The average molecular weight is 324 g/mol. The van der Waals surface area contributed by atoms with Crippen molar-refractivity contribution in [2.24, 2.45) is 0 Å². The molecule has 3 rings (SSSR count). The van der Waals surface area contributed by atoms with E-state index in [2.05, 4.69) is 4.98 Å². The highest BCUT2D eigenvalue weighted by Gasteiger charge is 2.32. The number of pyridine rings is 1. The molecule has 0 fully saturated rings. The molecule has 0 bridgehead atoms. The van der Waals surface area contributed by atoms with Crippen LogP contribution in [0.3, 0.4) is 0 Å².